The van der Waals surface area contributed by atoms with Gasteiger partial charge in [0.2, 0.25) is 0 Å². The summed E-state index contributed by atoms with van der Waals surface area (Å²) >= 11 is 4.79. The first-order valence-electron chi connectivity index (χ1n) is 2.48. The van der Waals surface area contributed by atoms with Gasteiger partial charge in [0.1, 0.15) is 10.8 Å². The van der Waals surface area contributed by atoms with Gasteiger partial charge in [0.15, 0.2) is 0 Å². The Hall–Kier alpha value is -0.900. The molecule has 48 valence electrons. The van der Waals surface area contributed by atoms with Gasteiger partial charge in [-0.05, 0) is 0 Å². The summed E-state index contributed by atoms with van der Waals surface area (Å²) in [4.78, 5) is 0.609. The smallest absolute Gasteiger partial charge is 0.125 e. The van der Waals surface area contributed by atoms with Crippen molar-refractivity contribution in [2.45, 2.75) is 0 Å². The molecule has 0 fully saturated rings. The van der Waals surface area contributed by atoms with Crippen molar-refractivity contribution in [3.63, 3.8) is 0 Å². The Kier molecular flexibility index (Phi) is 1.48. The van der Waals surface area contributed by atoms with E-state index in [4.69, 9.17) is 12.2 Å². The van der Waals surface area contributed by atoms with E-state index in [2.05, 4.69) is 17.0 Å². The molecule has 1 heterocycles. The first kappa shape index (κ1) is 6.22. The molecule has 0 aromatic rings. The van der Waals surface area contributed by atoms with E-state index in [1.165, 1.54) is 0 Å². The maximum absolute atomic E-state index is 4.79. The number of thiocarbonyl (C=S) groups is 1. The molecule has 0 bridgehead atoms. The molecule has 1 rings (SSSR count). The van der Waals surface area contributed by atoms with E-state index in [-0.39, 0.29) is 0 Å². The molecule has 0 amide bonds. The summed E-state index contributed by atoms with van der Waals surface area (Å²) in [7, 11) is 1.80. The summed E-state index contributed by atoms with van der Waals surface area (Å²) in [5.41, 5.74) is 0. The van der Waals surface area contributed by atoms with Gasteiger partial charge in [0, 0.05) is 7.05 Å². The summed E-state index contributed by atoms with van der Waals surface area (Å²) in [6.45, 7) is 3.66. The van der Waals surface area contributed by atoms with Crippen molar-refractivity contribution in [2.75, 3.05) is 7.05 Å². The van der Waals surface area contributed by atoms with E-state index in [9.17, 15) is 0 Å². The zero-order valence-electron chi connectivity index (χ0n) is 5.09. The molecule has 4 heteroatoms. The van der Waals surface area contributed by atoms with E-state index in [0.717, 1.165) is 0 Å². The molecule has 1 N–H and O–H groups in total. The highest BCUT2D eigenvalue weighted by atomic mass is 32.1. The summed E-state index contributed by atoms with van der Waals surface area (Å²) in [6, 6.07) is 0. The van der Waals surface area contributed by atoms with Crippen LogP contribution in [0.1, 0.15) is 0 Å². The highest BCUT2D eigenvalue weighted by Crippen LogP contribution is 1.97. The average Bonchev–Trinajstić information content (AvgIpc) is 1.80. The lowest BCUT2D eigenvalue weighted by atomic mass is 10.6. The molecule has 0 radical (unpaired) electrons. The third-order valence-corrected chi connectivity index (χ3v) is 1.21. The molecule has 0 saturated carbocycles. The lowest BCUT2D eigenvalue weighted by Crippen LogP contribution is -2.34. The van der Waals surface area contributed by atoms with Crippen LogP contribution in [0.15, 0.2) is 17.5 Å². The minimum Gasteiger partial charge on any atom is -0.331 e. The number of rotatable bonds is 0. The van der Waals surface area contributed by atoms with Crippen LogP contribution in [-0.2, 0) is 0 Å². The van der Waals surface area contributed by atoms with Gasteiger partial charge < -0.3 is 5.32 Å². The van der Waals surface area contributed by atoms with Crippen LogP contribution < -0.4 is 5.32 Å². The fourth-order valence-electron chi connectivity index (χ4n) is 0.464. The van der Waals surface area contributed by atoms with Gasteiger partial charge in [0.25, 0.3) is 0 Å². The van der Waals surface area contributed by atoms with Crippen LogP contribution in [0.5, 0.6) is 0 Å². The van der Waals surface area contributed by atoms with Gasteiger partial charge in [-0.1, -0.05) is 18.8 Å². The minimum atomic E-state index is 0.609. The van der Waals surface area contributed by atoms with Crippen molar-refractivity contribution in [1.29, 1.82) is 0 Å². The lowest BCUT2D eigenvalue weighted by Gasteiger charge is -2.20. The third kappa shape index (κ3) is 1.26. The van der Waals surface area contributed by atoms with Gasteiger partial charge in [-0.25, -0.2) is 0 Å². The quantitative estimate of drug-likeness (QED) is 0.492. The molecule has 9 heavy (non-hydrogen) atoms. The molecule has 0 unspecified atom stereocenters. The molecule has 0 atom stereocenters. The van der Waals surface area contributed by atoms with E-state index in [1.807, 2.05) is 0 Å². The zero-order valence-corrected chi connectivity index (χ0v) is 5.90. The predicted octanol–water partition coefficient (Wildman–Crippen LogP) is 0.306. The van der Waals surface area contributed by atoms with Gasteiger partial charge in [-0.15, -0.1) is 0 Å². The normalized spacial score (nSPS) is 18.1. The second-order valence-electron chi connectivity index (χ2n) is 1.70. The summed E-state index contributed by atoms with van der Waals surface area (Å²) in [6.07, 6.45) is 1.57. The Labute approximate surface area is 59.0 Å². The molecule has 0 aromatic carbocycles. The van der Waals surface area contributed by atoms with Crippen LogP contribution in [0, 0.1) is 0 Å². The Morgan fingerprint density at radius 3 is 3.00 bits per heavy atom. The highest BCUT2D eigenvalue weighted by Gasteiger charge is 2.05. The van der Waals surface area contributed by atoms with Gasteiger partial charge in [-0.3, -0.25) is 5.01 Å². The molecule has 1 aliphatic heterocycles. The first-order chi connectivity index (χ1) is 4.20. The van der Waals surface area contributed by atoms with Gasteiger partial charge >= 0.3 is 0 Å². The second-order valence-corrected chi connectivity index (χ2v) is 2.14. The van der Waals surface area contributed by atoms with Crippen LogP contribution in [0.3, 0.4) is 0 Å². The summed E-state index contributed by atoms with van der Waals surface area (Å²) in [5, 5.41) is 8.36. The maximum Gasteiger partial charge on any atom is 0.125 e. The Morgan fingerprint density at radius 1 is 1.89 bits per heavy atom. The van der Waals surface area contributed by atoms with Gasteiger partial charge in [0.05, 0.1) is 6.21 Å². The number of hydrazone groups is 1. The van der Waals surface area contributed by atoms with Crippen molar-refractivity contribution in [3.8, 4) is 0 Å². The van der Waals surface area contributed by atoms with Crippen LogP contribution in [0.2, 0.25) is 0 Å². The topological polar surface area (TPSA) is 27.6 Å². The fourth-order valence-corrected chi connectivity index (χ4v) is 0.629. The summed E-state index contributed by atoms with van der Waals surface area (Å²) < 4.78 is 0. The minimum absolute atomic E-state index is 0.609. The Balaban J connectivity index is 2.76. The van der Waals surface area contributed by atoms with E-state index in [0.29, 0.717) is 10.8 Å². The molecule has 1 aliphatic rings. The fraction of sp³-hybridized carbons (Fsp3) is 0.200. The van der Waals surface area contributed by atoms with E-state index in [1.54, 1.807) is 18.3 Å². The second kappa shape index (κ2) is 2.14. The van der Waals surface area contributed by atoms with E-state index < -0.39 is 0 Å². The average molecular weight is 141 g/mol. The molecule has 0 aliphatic carbocycles. The summed E-state index contributed by atoms with van der Waals surface area (Å²) in [5.74, 6) is 0.711. The molecule has 0 spiro atoms. The van der Waals surface area contributed by atoms with Crippen LogP contribution in [-0.4, -0.2) is 23.3 Å². The Morgan fingerprint density at radius 2 is 2.56 bits per heavy atom. The Bertz CT molecular complexity index is 185. The third-order valence-electron chi connectivity index (χ3n) is 1.01. The zero-order chi connectivity index (χ0) is 6.85. The van der Waals surface area contributed by atoms with Crippen molar-refractivity contribution in [3.05, 3.63) is 12.4 Å². The van der Waals surface area contributed by atoms with Crippen molar-refractivity contribution in [2.24, 2.45) is 5.10 Å². The molecular formula is C5H7N3S. The van der Waals surface area contributed by atoms with E-state index >= 15 is 0 Å². The maximum atomic E-state index is 4.79. The number of nitrogens with one attached hydrogen (secondary N) is 1. The van der Waals surface area contributed by atoms with Gasteiger partial charge in [-0.2, -0.15) is 5.10 Å². The molecular weight excluding hydrogens is 134 g/mol. The van der Waals surface area contributed by atoms with Crippen molar-refractivity contribution >= 4 is 23.4 Å². The van der Waals surface area contributed by atoms with Crippen LogP contribution in [0.25, 0.3) is 0 Å². The first-order valence-corrected chi connectivity index (χ1v) is 2.88. The van der Waals surface area contributed by atoms with Crippen molar-refractivity contribution < 1.29 is 0 Å². The monoisotopic (exact) mass is 141 g/mol. The molecule has 0 saturated heterocycles. The number of hydrogen-bond donors (Lipinski definition) is 1. The van der Waals surface area contributed by atoms with Crippen LogP contribution >= 0.6 is 12.2 Å². The molecule has 0 aromatic heterocycles. The standard InChI is InChI=1S/C5H7N3S/c1-4-7-5(9)3-6-8(4)2/h3H,1H2,2H3,(H,7,9). The number of hydrogen-bond acceptors (Lipinski definition) is 3. The predicted molar refractivity (Wildman–Crippen MR) is 41.1 cm³/mol. The molecule has 3 nitrogen and oxygen atoms in total. The van der Waals surface area contributed by atoms with Crippen LogP contribution in [0.4, 0.5) is 0 Å². The number of nitrogens with zero attached hydrogens (tertiary/aromatic N) is 2. The van der Waals surface area contributed by atoms with Crippen molar-refractivity contribution in [1.82, 2.24) is 10.3 Å². The highest BCUT2D eigenvalue weighted by molar-refractivity contribution is 7.81. The lowest BCUT2D eigenvalue weighted by molar-refractivity contribution is 0.427. The largest absolute Gasteiger partial charge is 0.331 e. The SMILES string of the molecule is C=C1NC(=S)C=NN1C.